The number of H-pyrrole nitrogens is 1. The fourth-order valence-electron chi connectivity index (χ4n) is 2.28. The SMILES string of the molecule is CCN(CC(O)COc1cccc2[nH]ccc12)CC(F)(F)F. The van der Waals surface area contributed by atoms with Gasteiger partial charge in [0.1, 0.15) is 18.5 Å². The van der Waals surface area contributed by atoms with Crippen molar-refractivity contribution in [2.75, 3.05) is 26.2 Å². The Morgan fingerprint density at radius 1 is 1.32 bits per heavy atom. The van der Waals surface area contributed by atoms with E-state index in [2.05, 4.69) is 4.98 Å². The second-order valence-electron chi connectivity index (χ2n) is 5.10. The van der Waals surface area contributed by atoms with Crippen LogP contribution in [0.5, 0.6) is 5.75 Å². The highest BCUT2D eigenvalue weighted by atomic mass is 19.4. The van der Waals surface area contributed by atoms with Gasteiger partial charge in [-0.15, -0.1) is 0 Å². The topological polar surface area (TPSA) is 48.5 Å². The van der Waals surface area contributed by atoms with Gasteiger partial charge in [0.15, 0.2) is 0 Å². The average molecular weight is 316 g/mol. The van der Waals surface area contributed by atoms with Crippen LogP contribution in [0.3, 0.4) is 0 Å². The van der Waals surface area contributed by atoms with E-state index in [-0.39, 0.29) is 19.7 Å². The van der Waals surface area contributed by atoms with Gasteiger partial charge in [-0.1, -0.05) is 13.0 Å². The smallest absolute Gasteiger partial charge is 0.401 e. The number of aliphatic hydroxyl groups excluding tert-OH is 1. The number of aliphatic hydroxyl groups is 1. The molecule has 0 spiro atoms. The van der Waals surface area contributed by atoms with Gasteiger partial charge < -0.3 is 14.8 Å². The van der Waals surface area contributed by atoms with E-state index in [4.69, 9.17) is 4.74 Å². The Bertz CT molecular complexity index is 598. The fraction of sp³-hybridized carbons (Fsp3) is 0.467. The van der Waals surface area contributed by atoms with Gasteiger partial charge in [-0.25, -0.2) is 0 Å². The summed E-state index contributed by atoms with van der Waals surface area (Å²) in [6, 6.07) is 7.30. The summed E-state index contributed by atoms with van der Waals surface area (Å²) in [7, 11) is 0. The van der Waals surface area contributed by atoms with Crippen LogP contribution in [0.15, 0.2) is 30.5 Å². The molecule has 0 aliphatic heterocycles. The Hall–Kier alpha value is -1.73. The van der Waals surface area contributed by atoms with Crippen molar-refractivity contribution < 1.29 is 23.0 Å². The molecule has 4 nitrogen and oxygen atoms in total. The highest BCUT2D eigenvalue weighted by Gasteiger charge is 2.30. The van der Waals surface area contributed by atoms with Crippen LogP contribution in [0, 0.1) is 0 Å². The number of hydrogen-bond acceptors (Lipinski definition) is 3. The van der Waals surface area contributed by atoms with E-state index < -0.39 is 18.8 Å². The summed E-state index contributed by atoms with van der Waals surface area (Å²) in [6.07, 6.45) is -3.49. The number of rotatable bonds is 7. The van der Waals surface area contributed by atoms with Crippen LogP contribution in [-0.4, -0.2) is 53.5 Å². The third-order valence-electron chi connectivity index (χ3n) is 3.31. The molecule has 2 rings (SSSR count). The number of alkyl halides is 3. The molecular formula is C15H19F3N2O2. The number of aromatic nitrogens is 1. The lowest BCUT2D eigenvalue weighted by molar-refractivity contribution is -0.148. The fourth-order valence-corrected chi connectivity index (χ4v) is 2.28. The zero-order chi connectivity index (χ0) is 16.2. The predicted molar refractivity (Wildman–Crippen MR) is 78.0 cm³/mol. The third-order valence-corrected chi connectivity index (χ3v) is 3.31. The first kappa shape index (κ1) is 16.6. The molecule has 22 heavy (non-hydrogen) atoms. The molecule has 7 heteroatoms. The number of benzene rings is 1. The lowest BCUT2D eigenvalue weighted by atomic mass is 10.2. The van der Waals surface area contributed by atoms with Crippen molar-refractivity contribution >= 4 is 10.9 Å². The van der Waals surface area contributed by atoms with E-state index >= 15 is 0 Å². The quantitative estimate of drug-likeness (QED) is 0.826. The van der Waals surface area contributed by atoms with E-state index in [1.54, 1.807) is 19.2 Å². The Balaban J connectivity index is 1.89. The Morgan fingerprint density at radius 2 is 2.09 bits per heavy atom. The number of nitrogens with one attached hydrogen (secondary N) is 1. The summed E-state index contributed by atoms with van der Waals surface area (Å²) in [5, 5.41) is 10.8. The van der Waals surface area contributed by atoms with Crippen molar-refractivity contribution in [2.24, 2.45) is 0 Å². The molecule has 1 atom stereocenters. The molecule has 1 aromatic carbocycles. The average Bonchev–Trinajstić information content (AvgIpc) is 2.91. The predicted octanol–water partition coefficient (Wildman–Crippen LogP) is 2.79. The number of ether oxygens (including phenoxy) is 1. The molecule has 0 radical (unpaired) electrons. The van der Waals surface area contributed by atoms with Crippen molar-refractivity contribution in [1.82, 2.24) is 9.88 Å². The summed E-state index contributed by atoms with van der Waals surface area (Å²) in [4.78, 5) is 4.18. The third kappa shape index (κ3) is 4.64. The zero-order valence-electron chi connectivity index (χ0n) is 12.2. The van der Waals surface area contributed by atoms with Crippen molar-refractivity contribution in [1.29, 1.82) is 0 Å². The molecule has 0 saturated heterocycles. The molecular weight excluding hydrogens is 297 g/mol. The minimum atomic E-state index is -4.27. The molecule has 0 aliphatic carbocycles. The van der Waals surface area contributed by atoms with Crippen LogP contribution < -0.4 is 4.74 Å². The molecule has 0 amide bonds. The van der Waals surface area contributed by atoms with E-state index in [0.29, 0.717) is 5.75 Å². The summed E-state index contributed by atoms with van der Waals surface area (Å²) < 4.78 is 42.7. The van der Waals surface area contributed by atoms with Crippen LogP contribution in [0.1, 0.15) is 6.92 Å². The monoisotopic (exact) mass is 316 g/mol. The Kier molecular flexibility index (Phi) is 5.31. The van der Waals surface area contributed by atoms with Crippen molar-refractivity contribution in [3.63, 3.8) is 0 Å². The van der Waals surface area contributed by atoms with E-state index in [0.717, 1.165) is 15.8 Å². The maximum Gasteiger partial charge on any atom is 0.401 e. The number of halogens is 3. The largest absolute Gasteiger partial charge is 0.490 e. The van der Waals surface area contributed by atoms with Gasteiger partial charge >= 0.3 is 6.18 Å². The maximum absolute atomic E-state index is 12.4. The van der Waals surface area contributed by atoms with Crippen LogP contribution in [0.25, 0.3) is 10.9 Å². The molecule has 0 saturated carbocycles. The van der Waals surface area contributed by atoms with Gasteiger partial charge in [0.2, 0.25) is 0 Å². The van der Waals surface area contributed by atoms with Gasteiger partial charge in [0.05, 0.1) is 6.54 Å². The van der Waals surface area contributed by atoms with E-state index in [1.807, 2.05) is 18.2 Å². The molecule has 0 aliphatic rings. The van der Waals surface area contributed by atoms with E-state index in [1.165, 1.54) is 0 Å². The zero-order valence-corrected chi connectivity index (χ0v) is 12.2. The van der Waals surface area contributed by atoms with Gasteiger partial charge in [-0.2, -0.15) is 13.2 Å². The van der Waals surface area contributed by atoms with Crippen molar-refractivity contribution in [3.05, 3.63) is 30.5 Å². The highest BCUT2D eigenvalue weighted by Crippen LogP contribution is 2.24. The molecule has 2 aromatic rings. The van der Waals surface area contributed by atoms with Crippen LogP contribution in [-0.2, 0) is 0 Å². The van der Waals surface area contributed by atoms with Gasteiger partial charge in [0.25, 0.3) is 0 Å². The Labute approximate surface area is 126 Å². The first-order chi connectivity index (χ1) is 10.4. The minimum absolute atomic E-state index is 0.0569. The highest BCUT2D eigenvalue weighted by molar-refractivity contribution is 5.85. The number of hydrogen-bond donors (Lipinski definition) is 2. The summed E-state index contributed by atoms with van der Waals surface area (Å²) in [5.74, 6) is 0.594. The summed E-state index contributed by atoms with van der Waals surface area (Å²) in [6.45, 7) is 0.662. The van der Waals surface area contributed by atoms with Crippen LogP contribution in [0.2, 0.25) is 0 Å². The number of likely N-dealkylation sites (N-methyl/N-ethyl adjacent to an activating group) is 1. The molecule has 122 valence electrons. The van der Waals surface area contributed by atoms with Gasteiger partial charge in [-0.05, 0) is 24.7 Å². The summed E-state index contributed by atoms with van der Waals surface area (Å²) >= 11 is 0. The molecule has 0 fully saturated rings. The molecule has 0 bridgehead atoms. The van der Waals surface area contributed by atoms with Crippen molar-refractivity contribution in [2.45, 2.75) is 19.2 Å². The lowest BCUT2D eigenvalue weighted by Gasteiger charge is -2.24. The Morgan fingerprint density at radius 3 is 2.77 bits per heavy atom. The van der Waals surface area contributed by atoms with Crippen LogP contribution in [0.4, 0.5) is 13.2 Å². The first-order valence-electron chi connectivity index (χ1n) is 7.05. The van der Waals surface area contributed by atoms with Gasteiger partial charge in [0, 0.05) is 23.6 Å². The molecule has 1 unspecified atom stereocenters. The second kappa shape index (κ2) is 7.02. The molecule has 2 N–H and O–H groups in total. The normalized spacial score (nSPS) is 13.7. The minimum Gasteiger partial charge on any atom is -0.490 e. The maximum atomic E-state index is 12.4. The molecule has 1 heterocycles. The second-order valence-corrected chi connectivity index (χ2v) is 5.10. The number of nitrogens with zero attached hydrogens (tertiary/aromatic N) is 1. The molecule has 1 aromatic heterocycles. The number of fused-ring (bicyclic) bond motifs is 1. The number of aromatic amines is 1. The first-order valence-corrected chi connectivity index (χ1v) is 7.05. The lowest BCUT2D eigenvalue weighted by Crippen LogP contribution is -2.40. The van der Waals surface area contributed by atoms with Crippen LogP contribution >= 0.6 is 0 Å². The standard InChI is InChI=1S/C15H19F3N2O2/c1-2-20(10-15(16,17)18)8-11(21)9-22-14-5-3-4-13-12(14)6-7-19-13/h3-7,11,19,21H,2,8-10H2,1H3. The van der Waals surface area contributed by atoms with E-state index in [9.17, 15) is 18.3 Å². The van der Waals surface area contributed by atoms with Gasteiger partial charge in [-0.3, -0.25) is 4.90 Å². The summed E-state index contributed by atoms with van der Waals surface area (Å²) in [5.41, 5.74) is 0.902. The van der Waals surface area contributed by atoms with Crippen molar-refractivity contribution in [3.8, 4) is 5.75 Å².